The highest BCUT2D eigenvalue weighted by molar-refractivity contribution is 5.96. The maximum absolute atomic E-state index is 11.5. The van der Waals surface area contributed by atoms with Gasteiger partial charge in [0.15, 0.2) is 5.78 Å². The lowest BCUT2D eigenvalue weighted by atomic mass is 10.1. The SMILES string of the molecule is CCC(=O)c1ccc(NCCN(CC)CC)cc1. The fraction of sp³-hybridized carbons (Fsp3) is 0.533. The minimum Gasteiger partial charge on any atom is -0.384 e. The number of rotatable bonds is 8. The van der Waals surface area contributed by atoms with Crippen LogP contribution >= 0.6 is 0 Å². The van der Waals surface area contributed by atoms with Crippen molar-refractivity contribution in [2.75, 3.05) is 31.5 Å². The molecule has 0 aliphatic heterocycles. The Bertz CT molecular complexity index is 355. The summed E-state index contributed by atoms with van der Waals surface area (Å²) < 4.78 is 0. The van der Waals surface area contributed by atoms with Gasteiger partial charge in [0.2, 0.25) is 0 Å². The summed E-state index contributed by atoms with van der Waals surface area (Å²) in [6, 6.07) is 7.74. The molecule has 1 aromatic carbocycles. The lowest BCUT2D eigenvalue weighted by Gasteiger charge is -2.18. The van der Waals surface area contributed by atoms with Crippen molar-refractivity contribution in [3.63, 3.8) is 0 Å². The zero-order valence-electron chi connectivity index (χ0n) is 11.7. The van der Waals surface area contributed by atoms with Crippen molar-refractivity contribution in [3.05, 3.63) is 29.8 Å². The first-order valence-electron chi connectivity index (χ1n) is 6.80. The largest absolute Gasteiger partial charge is 0.384 e. The molecule has 0 saturated heterocycles. The van der Waals surface area contributed by atoms with Crippen molar-refractivity contribution in [1.82, 2.24) is 4.90 Å². The molecule has 1 N–H and O–H groups in total. The predicted octanol–water partition coefficient (Wildman–Crippen LogP) is 3.03. The number of Topliss-reactive ketones (excluding diaryl/α,β-unsaturated/α-hetero) is 1. The van der Waals surface area contributed by atoms with Gasteiger partial charge in [-0.1, -0.05) is 20.8 Å². The predicted molar refractivity (Wildman–Crippen MR) is 77.3 cm³/mol. The van der Waals surface area contributed by atoms with Gasteiger partial charge >= 0.3 is 0 Å². The number of likely N-dealkylation sites (N-methyl/N-ethyl adjacent to an activating group) is 1. The van der Waals surface area contributed by atoms with Crippen LogP contribution in [0.25, 0.3) is 0 Å². The molecule has 0 heterocycles. The molecular weight excluding hydrogens is 224 g/mol. The van der Waals surface area contributed by atoms with Crippen LogP contribution in [0.4, 0.5) is 5.69 Å². The van der Waals surface area contributed by atoms with E-state index in [4.69, 9.17) is 0 Å². The number of anilines is 1. The van der Waals surface area contributed by atoms with Crippen LogP contribution in [0, 0.1) is 0 Å². The van der Waals surface area contributed by atoms with Gasteiger partial charge < -0.3 is 10.2 Å². The van der Waals surface area contributed by atoms with Crippen molar-refractivity contribution in [2.24, 2.45) is 0 Å². The maximum atomic E-state index is 11.5. The van der Waals surface area contributed by atoms with E-state index in [1.54, 1.807) is 0 Å². The van der Waals surface area contributed by atoms with Gasteiger partial charge in [0.25, 0.3) is 0 Å². The monoisotopic (exact) mass is 248 g/mol. The summed E-state index contributed by atoms with van der Waals surface area (Å²) in [4.78, 5) is 13.9. The van der Waals surface area contributed by atoms with Crippen molar-refractivity contribution in [1.29, 1.82) is 0 Å². The van der Waals surface area contributed by atoms with Crippen LogP contribution in [0.3, 0.4) is 0 Å². The number of carbonyl (C=O) groups excluding carboxylic acids is 1. The molecule has 100 valence electrons. The number of ketones is 1. The highest BCUT2D eigenvalue weighted by Gasteiger charge is 2.02. The van der Waals surface area contributed by atoms with Gasteiger partial charge in [0.1, 0.15) is 0 Å². The zero-order chi connectivity index (χ0) is 13.4. The minimum absolute atomic E-state index is 0.199. The lowest BCUT2D eigenvalue weighted by molar-refractivity contribution is 0.0988. The second kappa shape index (κ2) is 7.88. The zero-order valence-corrected chi connectivity index (χ0v) is 11.7. The average Bonchev–Trinajstić information content (AvgIpc) is 2.43. The number of hydrogen-bond acceptors (Lipinski definition) is 3. The molecule has 0 amide bonds. The molecule has 0 radical (unpaired) electrons. The molecule has 0 saturated carbocycles. The van der Waals surface area contributed by atoms with E-state index in [0.29, 0.717) is 6.42 Å². The summed E-state index contributed by atoms with van der Waals surface area (Å²) in [5.74, 6) is 0.199. The molecule has 0 aliphatic rings. The van der Waals surface area contributed by atoms with E-state index in [1.165, 1.54) is 0 Å². The average molecular weight is 248 g/mol. The van der Waals surface area contributed by atoms with Crippen LogP contribution in [0.5, 0.6) is 0 Å². The Balaban J connectivity index is 2.42. The molecule has 0 spiro atoms. The van der Waals surface area contributed by atoms with Crippen molar-refractivity contribution >= 4 is 11.5 Å². The van der Waals surface area contributed by atoms with Crippen LogP contribution in [0.1, 0.15) is 37.6 Å². The first-order chi connectivity index (χ1) is 8.71. The number of nitrogens with one attached hydrogen (secondary N) is 1. The number of hydrogen-bond donors (Lipinski definition) is 1. The van der Waals surface area contributed by atoms with E-state index in [1.807, 2.05) is 31.2 Å². The molecule has 0 aromatic heterocycles. The molecule has 0 atom stereocenters. The summed E-state index contributed by atoms with van der Waals surface area (Å²) in [6.45, 7) is 10.4. The topological polar surface area (TPSA) is 32.3 Å². The molecule has 18 heavy (non-hydrogen) atoms. The first kappa shape index (κ1) is 14.7. The van der Waals surface area contributed by atoms with Crippen LogP contribution in [-0.4, -0.2) is 36.9 Å². The van der Waals surface area contributed by atoms with Gasteiger partial charge in [-0.3, -0.25) is 4.79 Å². The van der Waals surface area contributed by atoms with Gasteiger partial charge in [-0.15, -0.1) is 0 Å². The Labute approximate surface area is 110 Å². The molecule has 0 fully saturated rings. The highest BCUT2D eigenvalue weighted by Crippen LogP contribution is 2.10. The Morgan fingerprint density at radius 3 is 2.22 bits per heavy atom. The van der Waals surface area contributed by atoms with Crippen LogP contribution in [0.2, 0.25) is 0 Å². The van der Waals surface area contributed by atoms with Crippen LogP contribution in [-0.2, 0) is 0 Å². The Morgan fingerprint density at radius 2 is 1.72 bits per heavy atom. The van der Waals surface area contributed by atoms with E-state index in [-0.39, 0.29) is 5.78 Å². The summed E-state index contributed by atoms with van der Waals surface area (Å²) in [7, 11) is 0. The molecule has 1 rings (SSSR count). The molecule has 0 aliphatic carbocycles. The smallest absolute Gasteiger partial charge is 0.162 e. The molecule has 0 unspecified atom stereocenters. The van der Waals surface area contributed by atoms with Crippen LogP contribution < -0.4 is 5.32 Å². The van der Waals surface area contributed by atoms with E-state index in [2.05, 4.69) is 24.1 Å². The minimum atomic E-state index is 0.199. The van der Waals surface area contributed by atoms with Crippen molar-refractivity contribution < 1.29 is 4.79 Å². The third kappa shape index (κ3) is 4.49. The van der Waals surface area contributed by atoms with Gasteiger partial charge in [-0.2, -0.15) is 0 Å². The third-order valence-electron chi connectivity index (χ3n) is 3.18. The summed E-state index contributed by atoms with van der Waals surface area (Å²) in [5.41, 5.74) is 1.88. The molecular formula is C15H24N2O. The summed E-state index contributed by atoms with van der Waals surface area (Å²) in [5, 5.41) is 3.37. The summed E-state index contributed by atoms with van der Waals surface area (Å²) >= 11 is 0. The second-order valence-electron chi connectivity index (χ2n) is 4.31. The second-order valence-corrected chi connectivity index (χ2v) is 4.31. The maximum Gasteiger partial charge on any atom is 0.162 e. The van der Waals surface area contributed by atoms with E-state index >= 15 is 0 Å². The summed E-state index contributed by atoms with van der Waals surface area (Å²) in [6.07, 6.45) is 0.564. The fourth-order valence-corrected chi connectivity index (χ4v) is 1.88. The Hall–Kier alpha value is -1.35. The van der Waals surface area contributed by atoms with E-state index in [9.17, 15) is 4.79 Å². The van der Waals surface area contributed by atoms with Gasteiger partial charge in [-0.05, 0) is 37.4 Å². The van der Waals surface area contributed by atoms with Crippen LogP contribution in [0.15, 0.2) is 24.3 Å². The standard InChI is InChI=1S/C15H24N2O/c1-4-15(18)13-7-9-14(10-8-13)16-11-12-17(5-2)6-3/h7-10,16H,4-6,11-12H2,1-3H3. The first-order valence-corrected chi connectivity index (χ1v) is 6.80. The van der Waals surface area contributed by atoms with Crippen molar-refractivity contribution in [3.8, 4) is 0 Å². The molecule has 1 aromatic rings. The number of carbonyl (C=O) groups is 1. The molecule has 3 heteroatoms. The van der Waals surface area contributed by atoms with Crippen molar-refractivity contribution in [2.45, 2.75) is 27.2 Å². The fourth-order valence-electron chi connectivity index (χ4n) is 1.88. The Kier molecular flexibility index (Phi) is 6.44. The Morgan fingerprint density at radius 1 is 1.11 bits per heavy atom. The normalized spacial score (nSPS) is 10.7. The highest BCUT2D eigenvalue weighted by atomic mass is 16.1. The van der Waals surface area contributed by atoms with Gasteiger partial charge in [0.05, 0.1) is 0 Å². The number of benzene rings is 1. The third-order valence-corrected chi connectivity index (χ3v) is 3.18. The van der Waals surface area contributed by atoms with E-state index < -0.39 is 0 Å². The molecule has 0 bridgehead atoms. The lowest BCUT2D eigenvalue weighted by Crippen LogP contribution is -2.28. The van der Waals surface area contributed by atoms with Gasteiger partial charge in [-0.25, -0.2) is 0 Å². The van der Waals surface area contributed by atoms with Gasteiger partial charge in [0, 0.05) is 30.8 Å². The quantitative estimate of drug-likeness (QED) is 0.718. The molecule has 3 nitrogen and oxygen atoms in total. The number of nitrogens with zero attached hydrogens (tertiary/aromatic N) is 1. The van der Waals surface area contributed by atoms with E-state index in [0.717, 1.165) is 37.4 Å².